The van der Waals surface area contributed by atoms with E-state index in [9.17, 15) is 9.90 Å². The summed E-state index contributed by atoms with van der Waals surface area (Å²) < 4.78 is 0. The highest BCUT2D eigenvalue weighted by atomic mass is 16.3. The van der Waals surface area contributed by atoms with Crippen LogP contribution in [0.2, 0.25) is 0 Å². The number of aromatic amines is 1. The van der Waals surface area contributed by atoms with E-state index in [0.717, 1.165) is 49.1 Å². The van der Waals surface area contributed by atoms with Crippen molar-refractivity contribution in [1.82, 2.24) is 14.9 Å². The zero-order valence-electron chi connectivity index (χ0n) is 12.8. The van der Waals surface area contributed by atoms with Gasteiger partial charge in [-0.2, -0.15) is 0 Å². The van der Waals surface area contributed by atoms with Gasteiger partial charge >= 0.3 is 0 Å². The average Bonchev–Trinajstić information content (AvgIpc) is 3.16. The Bertz CT molecular complexity index is 733. The molecule has 2 fully saturated rings. The number of nitrogens with one attached hydrogen (secondary N) is 1. The summed E-state index contributed by atoms with van der Waals surface area (Å²) in [5.74, 6) is 1.15. The lowest BCUT2D eigenvalue weighted by Crippen LogP contribution is -2.44. The van der Waals surface area contributed by atoms with Crippen LogP contribution in [0.5, 0.6) is 0 Å². The summed E-state index contributed by atoms with van der Waals surface area (Å²) in [6.07, 6.45) is 3.78. The third-order valence-electron chi connectivity index (χ3n) is 5.08. The van der Waals surface area contributed by atoms with Crippen molar-refractivity contribution < 1.29 is 9.90 Å². The van der Waals surface area contributed by atoms with Gasteiger partial charge in [0.15, 0.2) is 0 Å². The van der Waals surface area contributed by atoms with Crippen LogP contribution >= 0.6 is 0 Å². The summed E-state index contributed by atoms with van der Waals surface area (Å²) in [7, 11) is 0. The number of carbonyl (C=O) groups is 1. The van der Waals surface area contributed by atoms with E-state index in [1.165, 1.54) is 0 Å². The number of carbonyl (C=O) groups excluding carboxylic acids is 1. The minimum Gasteiger partial charge on any atom is -0.390 e. The van der Waals surface area contributed by atoms with E-state index < -0.39 is 5.60 Å². The summed E-state index contributed by atoms with van der Waals surface area (Å²) in [6.45, 7) is 3.37. The van der Waals surface area contributed by atoms with Crippen molar-refractivity contribution in [2.45, 2.75) is 38.2 Å². The third-order valence-corrected chi connectivity index (χ3v) is 5.08. The van der Waals surface area contributed by atoms with Crippen LogP contribution < -0.4 is 0 Å². The Labute approximate surface area is 129 Å². The van der Waals surface area contributed by atoms with Crippen LogP contribution in [0.1, 0.15) is 41.9 Å². The molecule has 116 valence electrons. The molecule has 1 unspecified atom stereocenters. The minimum absolute atomic E-state index is 0.0584. The van der Waals surface area contributed by atoms with E-state index in [4.69, 9.17) is 0 Å². The van der Waals surface area contributed by atoms with Crippen LogP contribution in [0.15, 0.2) is 18.2 Å². The molecule has 1 aliphatic carbocycles. The molecule has 22 heavy (non-hydrogen) atoms. The molecule has 0 spiro atoms. The van der Waals surface area contributed by atoms with Crippen molar-refractivity contribution in [3.05, 3.63) is 29.6 Å². The Morgan fingerprint density at radius 2 is 2.27 bits per heavy atom. The molecule has 1 saturated carbocycles. The van der Waals surface area contributed by atoms with E-state index in [0.29, 0.717) is 12.1 Å². The van der Waals surface area contributed by atoms with Gasteiger partial charge in [-0.1, -0.05) is 0 Å². The maximum Gasteiger partial charge on any atom is 0.253 e. The van der Waals surface area contributed by atoms with Gasteiger partial charge in [-0.05, 0) is 50.8 Å². The molecule has 1 aliphatic heterocycles. The van der Waals surface area contributed by atoms with Crippen molar-refractivity contribution in [2.75, 3.05) is 13.1 Å². The number of likely N-dealkylation sites (tertiary alicyclic amines) is 1. The zero-order valence-corrected chi connectivity index (χ0v) is 12.8. The van der Waals surface area contributed by atoms with Crippen molar-refractivity contribution in [1.29, 1.82) is 0 Å². The van der Waals surface area contributed by atoms with Gasteiger partial charge < -0.3 is 15.0 Å². The van der Waals surface area contributed by atoms with Crippen LogP contribution in [0.25, 0.3) is 11.0 Å². The van der Waals surface area contributed by atoms with Gasteiger partial charge in [-0.25, -0.2) is 4.98 Å². The number of aromatic nitrogens is 2. The Morgan fingerprint density at radius 3 is 3.05 bits per heavy atom. The first-order valence-electron chi connectivity index (χ1n) is 8.03. The quantitative estimate of drug-likeness (QED) is 0.893. The molecule has 0 radical (unpaired) electrons. The molecule has 2 N–H and O–H groups in total. The van der Waals surface area contributed by atoms with Gasteiger partial charge in [0.25, 0.3) is 5.91 Å². The van der Waals surface area contributed by atoms with E-state index in [1.807, 2.05) is 30.0 Å². The number of aliphatic hydroxyl groups is 1. The summed E-state index contributed by atoms with van der Waals surface area (Å²) >= 11 is 0. The van der Waals surface area contributed by atoms with E-state index in [2.05, 4.69) is 9.97 Å². The topological polar surface area (TPSA) is 69.2 Å². The highest BCUT2D eigenvalue weighted by molar-refractivity contribution is 5.97. The molecule has 1 aromatic heterocycles. The van der Waals surface area contributed by atoms with Crippen molar-refractivity contribution in [3.63, 3.8) is 0 Å². The first-order valence-corrected chi connectivity index (χ1v) is 8.03. The van der Waals surface area contributed by atoms with Crippen LogP contribution in [-0.4, -0.2) is 44.6 Å². The minimum atomic E-state index is -0.497. The molecule has 2 aliphatic rings. The largest absolute Gasteiger partial charge is 0.390 e. The predicted octanol–water partition coefficient (Wildman–Crippen LogP) is 2.25. The van der Waals surface area contributed by atoms with Gasteiger partial charge in [0.05, 0.1) is 16.6 Å². The number of H-pyrrole nitrogens is 1. The Balaban J connectivity index is 1.56. The first kappa shape index (κ1) is 13.8. The fraction of sp³-hybridized carbons (Fsp3) is 0.529. The smallest absolute Gasteiger partial charge is 0.253 e. The molecule has 2 aromatic rings. The van der Waals surface area contributed by atoms with Crippen LogP contribution in [0, 0.1) is 12.8 Å². The lowest BCUT2D eigenvalue weighted by molar-refractivity contribution is 0.0282. The number of rotatable bonds is 2. The summed E-state index contributed by atoms with van der Waals surface area (Å²) in [5.41, 5.74) is 1.99. The number of hydrogen-bond donors (Lipinski definition) is 2. The number of imidazole rings is 1. The monoisotopic (exact) mass is 299 g/mol. The Hall–Kier alpha value is -1.88. The molecular weight excluding hydrogens is 278 g/mol. The SMILES string of the molecule is Cc1nc2ccc(C(=O)N3CCCC(C4(O)CC4)C3)cc2[nH]1. The van der Waals surface area contributed by atoms with Gasteiger partial charge in [0.2, 0.25) is 0 Å². The van der Waals surface area contributed by atoms with Crippen LogP contribution in [0.4, 0.5) is 0 Å². The highest BCUT2D eigenvalue weighted by Crippen LogP contribution is 2.45. The second kappa shape index (κ2) is 4.81. The summed E-state index contributed by atoms with van der Waals surface area (Å²) in [5, 5.41) is 10.3. The van der Waals surface area contributed by atoms with Gasteiger partial charge in [-0.15, -0.1) is 0 Å². The molecule has 5 heteroatoms. The number of nitrogens with zero attached hydrogens (tertiary/aromatic N) is 2. The van der Waals surface area contributed by atoms with Crippen molar-refractivity contribution >= 4 is 16.9 Å². The number of amides is 1. The molecule has 1 saturated heterocycles. The molecule has 5 nitrogen and oxygen atoms in total. The maximum atomic E-state index is 12.8. The van der Waals surface area contributed by atoms with Gasteiger partial charge in [0.1, 0.15) is 5.82 Å². The van der Waals surface area contributed by atoms with Gasteiger partial charge in [0, 0.05) is 24.6 Å². The van der Waals surface area contributed by atoms with E-state index >= 15 is 0 Å². The Morgan fingerprint density at radius 1 is 1.45 bits per heavy atom. The Kier molecular flexibility index (Phi) is 3.01. The van der Waals surface area contributed by atoms with Crippen LogP contribution in [-0.2, 0) is 0 Å². The zero-order chi connectivity index (χ0) is 15.3. The maximum absolute atomic E-state index is 12.8. The second-order valence-electron chi connectivity index (χ2n) is 6.75. The molecule has 1 aromatic carbocycles. The molecule has 2 heterocycles. The number of benzene rings is 1. The molecule has 1 amide bonds. The second-order valence-corrected chi connectivity index (χ2v) is 6.75. The lowest BCUT2D eigenvalue weighted by atomic mass is 9.90. The van der Waals surface area contributed by atoms with E-state index in [1.54, 1.807) is 0 Å². The summed E-state index contributed by atoms with van der Waals surface area (Å²) in [6, 6.07) is 5.62. The van der Waals surface area contributed by atoms with Gasteiger partial charge in [-0.3, -0.25) is 4.79 Å². The number of hydrogen-bond acceptors (Lipinski definition) is 3. The normalized spacial score (nSPS) is 23.7. The number of piperidine rings is 1. The number of aryl methyl sites for hydroxylation is 1. The summed E-state index contributed by atoms with van der Waals surface area (Å²) in [4.78, 5) is 22.2. The average molecular weight is 299 g/mol. The third kappa shape index (κ3) is 2.29. The molecule has 0 bridgehead atoms. The fourth-order valence-corrected chi connectivity index (χ4v) is 3.59. The standard InChI is InChI=1S/C17H21N3O2/c1-11-18-14-5-4-12(9-15(14)19-11)16(21)20-8-2-3-13(10-20)17(22)6-7-17/h4-5,9,13,22H,2-3,6-8,10H2,1H3,(H,18,19). The predicted molar refractivity (Wildman–Crippen MR) is 83.6 cm³/mol. The van der Waals surface area contributed by atoms with E-state index in [-0.39, 0.29) is 11.8 Å². The molecule has 4 rings (SSSR count). The fourth-order valence-electron chi connectivity index (χ4n) is 3.59. The van der Waals surface area contributed by atoms with Crippen molar-refractivity contribution in [2.24, 2.45) is 5.92 Å². The molecular formula is C17H21N3O2. The first-order chi connectivity index (χ1) is 10.5. The molecule has 1 atom stereocenters. The number of fused-ring (bicyclic) bond motifs is 1. The highest BCUT2D eigenvalue weighted by Gasteiger charge is 2.49. The lowest BCUT2D eigenvalue weighted by Gasteiger charge is -2.35. The van der Waals surface area contributed by atoms with Crippen LogP contribution in [0.3, 0.4) is 0 Å². The van der Waals surface area contributed by atoms with Crippen molar-refractivity contribution in [3.8, 4) is 0 Å².